The Bertz CT molecular complexity index is 1010. The summed E-state index contributed by atoms with van der Waals surface area (Å²) in [6, 6.07) is 4.58. The summed E-state index contributed by atoms with van der Waals surface area (Å²) in [6.07, 6.45) is 2.24. The fourth-order valence-electron chi connectivity index (χ4n) is 3.21. The minimum atomic E-state index is -3.88. The number of rotatable bonds is 5. The van der Waals surface area contributed by atoms with Gasteiger partial charge in [0.1, 0.15) is 5.69 Å². The van der Waals surface area contributed by atoms with Gasteiger partial charge in [-0.25, -0.2) is 13.4 Å². The van der Waals surface area contributed by atoms with Crippen molar-refractivity contribution in [3.63, 3.8) is 0 Å². The van der Waals surface area contributed by atoms with Gasteiger partial charge in [0.2, 0.25) is 5.95 Å². The highest BCUT2D eigenvalue weighted by Gasteiger charge is 2.23. The van der Waals surface area contributed by atoms with E-state index in [9.17, 15) is 8.42 Å². The van der Waals surface area contributed by atoms with Crippen molar-refractivity contribution in [3.05, 3.63) is 24.4 Å². The van der Waals surface area contributed by atoms with Gasteiger partial charge in [-0.15, -0.1) is 0 Å². The lowest BCUT2D eigenvalue weighted by atomic mass is 10.3. The largest absolute Gasteiger partial charge is 0.490 e. The Morgan fingerprint density at radius 3 is 2.53 bits per heavy atom. The number of hydrogen-bond donors (Lipinski definition) is 1. The third-order valence-corrected chi connectivity index (χ3v) is 6.11. The van der Waals surface area contributed by atoms with Gasteiger partial charge in [0.25, 0.3) is 10.0 Å². The van der Waals surface area contributed by atoms with Gasteiger partial charge in [-0.2, -0.15) is 4.98 Å². The minimum absolute atomic E-state index is 0.0775. The molecule has 0 unspecified atom stereocenters. The van der Waals surface area contributed by atoms with E-state index in [1.165, 1.54) is 18.3 Å². The van der Waals surface area contributed by atoms with Crippen LogP contribution in [-0.2, 0) is 14.8 Å². The van der Waals surface area contributed by atoms with E-state index in [2.05, 4.69) is 14.7 Å². The zero-order valence-corrected chi connectivity index (χ0v) is 17.8. The molecule has 4 rings (SSSR count). The predicted octanol–water partition coefficient (Wildman–Crippen LogP) is 1.34. The van der Waals surface area contributed by atoms with Crippen molar-refractivity contribution in [2.24, 2.45) is 0 Å². The number of benzene rings is 1. The standard InChI is InChI=1S/C19H25N5O5S/c1-23(2)18-15(13-20-19(21-18)24-6-10-27-11-7-24)22-30(25,26)14-4-5-16-17(12-14)29-9-3-8-28-16/h4-5,12-13,22H,3,6-11H2,1-2H3. The lowest BCUT2D eigenvalue weighted by Crippen LogP contribution is -2.37. The van der Waals surface area contributed by atoms with E-state index in [1.54, 1.807) is 25.1 Å². The third-order valence-electron chi connectivity index (χ3n) is 4.75. The maximum absolute atomic E-state index is 13.0. The van der Waals surface area contributed by atoms with E-state index in [4.69, 9.17) is 14.2 Å². The lowest BCUT2D eigenvalue weighted by molar-refractivity contribution is 0.122. The average Bonchev–Trinajstić information content (AvgIpc) is 2.99. The first-order chi connectivity index (χ1) is 14.4. The second kappa shape index (κ2) is 8.52. The molecule has 0 radical (unpaired) electrons. The monoisotopic (exact) mass is 435 g/mol. The summed E-state index contributed by atoms with van der Waals surface area (Å²) in [6.45, 7) is 3.62. The molecule has 0 saturated carbocycles. The van der Waals surface area contributed by atoms with E-state index in [-0.39, 0.29) is 4.90 Å². The summed E-state index contributed by atoms with van der Waals surface area (Å²) in [5.74, 6) is 1.98. The van der Waals surface area contributed by atoms with Crippen molar-refractivity contribution in [2.45, 2.75) is 11.3 Å². The molecule has 3 heterocycles. The molecule has 2 aliphatic heterocycles. The van der Waals surface area contributed by atoms with Crippen molar-refractivity contribution >= 4 is 27.5 Å². The van der Waals surface area contributed by atoms with Crippen LogP contribution in [0.2, 0.25) is 0 Å². The average molecular weight is 436 g/mol. The lowest BCUT2D eigenvalue weighted by Gasteiger charge is -2.28. The van der Waals surface area contributed by atoms with E-state index >= 15 is 0 Å². The van der Waals surface area contributed by atoms with Crippen molar-refractivity contribution in [1.82, 2.24) is 9.97 Å². The van der Waals surface area contributed by atoms with Crippen LogP contribution in [-0.4, -0.2) is 72.0 Å². The molecule has 0 atom stereocenters. The molecular formula is C19H25N5O5S. The highest BCUT2D eigenvalue weighted by atomic mass is 32.2. The fourth-order valence-corrected chi connectivity index (χ4v) is 4.27. The number of aromatic nitrogens is 2. The molecule has 1 saturated heterocycles. The smallest absolute Gasteiger partial charge is 0.262 e. The van der Waals surface area contributed by atoms with Crippen LogP contribution in [0.15, 0.2) is 29.3 Å². The summed E-state index contributed by atoms with van der Waals surface area (Å²) in [5, 5.41) is 0. The molecule has 162 valence electrons. The van der Waals surface area contributed by atoms with Crippen molar-refractivity contribution < 1.29 is 22.6 Å². The molecule has 1 N–H and O–H groups in total. The number of morpholine rings is 1. The molecule has 2 aromatic rings. The predicted molar refractivity (Wildman–Crippen MR) is 112 cm³/mol. The number of hydrogen-bond acceptors (Lipinski definition) is 9. The van der Waals surface area contributed by atoms with Crippen molar-refractivity contribution in [3.8, 4) is 11.5 Å². The molecule has 1 aromatic carbocycles. The number of nitrogens with one attached hydrogen (secondary N) is 1. The van der Waals surface area contributed by atoms with Gasteiger partial charge in [-0.1, -0.05) is 0 Å². The van der Waals surface area contributed by atoms with Crippen LogP contribution in [0.5, 0.6) is 11.5 Å². The highest BCUT2D eigenvalue weighted by Crippen LogP contribution is 2.33. The minimum Gasteiger partial charge on any atom is -0.490 e. The fraction of sp³-hybridized carbons (Fsp3) is 0.474. The van der Waals surface area contributed by atoms with E-state index in [1.807, 2.05) is 4.90 Å². The summed E-state index contributed by atoms with van der Waals surface area (Å²) in [4.78, 5) is 12.8. The molecular weight excluding hydrogens is 410 g/mol. The molecule has 1 fully saturated rings. The second-order valence-electron chi connectivity index (χ2n) is 7.17. The van der Waals surface area contributed by atoms with Crippen LogP contribution in [0, 0.1) is 0 Å². The molecule has 0 spiro atoms. The maximum Gasteiger partial charge on any atom is 0.262 e. The van der Waals surface area contributed by atoms with Crippen molar-refractivity contribution in [2.75, 3.05) is 68.1 Å². The summed E-state index contributed by atoms with van der Waals surface area (Å²) < 4.78 is 45.2. The van der Waals surface area contributed by atoms with E-state index in [0.717, 1.165) is 6.42 Å². The number of nitrogens with zero attached hydrogens (tertiary/aromatic N) is 4. The summed E-state index contributed by atoms with van der Waals surface area (Å²) in [5.41, 5.74) is 0.295. The maximum atomic E-state index is 13.0. The Morgan fingerprint density at radius 2 is 1.80 bits per heavy atom. The topological polar surface area (TPSA) is 106 Å². The molecule has 11 heteroatoms. The van der Waals surface area contributed by atoms with Gasteiger partial charge in [0.05, 0.1) is 37.5 Å². The SMILES string of the molecule is CN(C)c1nc(N2CCOCC2)ncc1NS(=O)(=O)c1ccc2c(c1)OCCCO2. The molecule has 1 aromatic heterocycles. The van der Waals surface area contributed by atoms with Crippen LogP contribution in [0.1, 0.15) is 6.42 Å². The van der Waals surface area contributed by atoms with Crippen LogP contribution in [0.3, 0.4) is 0 Å². The van der Waals surface area contributed by atoms with Crippen LogP contribution >= 0.6 is 0 Å². The number of ether oxygens (including phenoxy) is 3. The Labute approximate surface area is 175 Å². The normalized spacial score (nSPS) is 16.7. The van der Waals surface area contributed by atoms with Gasteiger partial charge in [-0.05, 0) is 12.1 Å². The molecule has 0 amide bonds. The molecule has 0 aliphatic carbocycles. The quantitative estimate of drug-likeness (QED) is 0.745. The first-order valence-corrected chi connectivity index (χ1v) is 11.2. The van der Waals surface area contributed by atoms with Gasteiger partial charge >= 0.3 is 0 Å². The molecule has 2 aliphatic rings. The first kappa shape index (κ1) is 20.5. The van der Waals surface area contributed by atoms with Gasteiger partial charge in [-0.3, -0.25) is 4.72 Å². The summed E-state index contributed by atoms with van der Waals surface area (Å²) in [7, 11) is -0.274. The van der Waals surface area contributed by atoms with E-state index < -0.39 is 10.0 Å². The molecule has 10 nitrogen and oxygen atoms in total. The van der Waals surface area contributed by atoms with Crippen LogP contribution < -0.4 is 24.0 Å². The zero-order valence-electron chi connectivity index (χ0n) is 17.0. The number of sulfonamides is 1. The van der Waals surface area contributed by atoms with E-state index in [0.29, 0.717) is 68.5 Å². The van der Waals surface area contributed by atoms with Crippen LogP contribution in [0.4, 0.5) is 17.5 Å². The third kappa shape index (κ3) is 4.36. The van der Waals surface area contributed by atoms with Crippen molar-refractivity contribution in [1.29, 1.82) is 0 Å². The summed E-state index contributed by atoms with van der Waals surface area (Å²) >= 11 is 0. The highest BCUT2D eigenvalue weighted by molar-refractivity contribution is 7.92. The Morgan fingerprint density at radius 1 is 1.07 bits per heavy atom. The Hall–Kier alpha value is -2.79. The number of fused-ring (bicyclic) bond motifs is 1. The van der Waals surface area contributed by atoms with Gasteiger partial charge in [0.15, 0.2) is 17.3 Å². The molecule has 0 bridgehead atoms. The van der Waals surface area contributed by atoms with Crippen LogP contribution in [0.25, 0.3) is 0 Å². The zero-order chi connectivity index (χ0) is 21.1. The first-order valence-electron chi connectivity index (χ1n) is 9.73. The Kier molecular flexibility index (Phi) is 5.82. The Balaban J connectivity index is 1.61. The van der Waals surface area contributed by atoms with Gasteiger partial charge < -0.3 is 24.0 Å². The second-order valence-corrected chi connectivity index (χ2v) is 8.85. The molecule has 30 heavy (non-hydrogen) atoms. The number of anilines is 3. The van der Waals surface area contributed by atoms with Gasteiger partial charge in [0, 0.05) is 39.7 Å².